The van der Waals surface area contributed by atoms with Gasteiger partial charge in [0.05, 0.1) is 6.10 Å². The Bertz CT molecular complexity index is 502. The summed E-state index contributed by atoms with van der Waals surface area (Å²) in [5, 5.41) is 18.9. The number of rotatable bonds is 5. The zero-order chi connectivity index (χ0) is 13.5. The van der Waals surface area contributed by atoms with Crippen molar-refractivity contribution in [1.82, 2.24) is 15.6 Å². The number of aliphatic hydroxyl groups is 1. The molecule has 1 unspecified atom stereocenters. The largest absolute Gasteiger partial charge is 0.387 e. The Kier molecular flexibility index (Phi) is 4.88. The summed E-state index contributed by atoms with van der Waals surface area (Å²) in [6.07, 6.45) is 2.68. The van der Waals surface area contributed by atoms with Crippen LogP contribution >= 0.6 is 11.3 Å². The molecule has 2 rings (SSSR count). The maximum absolute atomic E-state index is 11.5. The Morgan fingerprint density at radius 2 is 2.11 bits per heavy atom. The molecule has 100 valence electrons. The van der Waals surface area contributed by atoms with Crippen molar-refractivity contribution >= 4 is 17.4 Å². The topological polar surface area (TPSA) is 74.2 Å². The highest BCUT2D eigenvalue weighted by Gasteiger charge is 2.09. The lowest BCUT2D eigenvalue weighted by Gasteiger charge is -2.11. The van der Waals surface area contributed by atoms with Gasteiger partial charge in [0.25, 0.3) is 0 Å². The van der Waals surface area contributed by atoms with E-state index in [0.29, 0.717) is 6.54 Å². The van der Waals surface area contributed by atoms with Crippen LogP contribution in [0.1, 0.15) is 17.2 Å². The van der Waals surface area contributed by atoms with E-state index >= 15 is 0 Å². The Morgan fingerprint density at radius 3 is 2.79 bits per heavy atom. The monoisotopic (exact) mass is 277 g/mol. The maximum atomic E-state index is 11.5. The van der Waals surface area contributed by atoms with Gasteiger partial charge in [-0.2, -0.15) is 11.3 Å². The summed E-state index contributed by atoms with van der Waals surface area (Å²) in [6.45, 7) is 0.627. The molecular formula is C13H15N3O2S. The Morgan fingerprint density at radius 1 is 1.32 bits per heavy atom. The Balaban J connectivity index is 1.70. The van der Waals surface area contributed by atoms with Crippen molar-refractivity contribution < 1.29 is 9.90 Å². The molecule has 0 aliphatic carbocycles. The second-order valence-corrected chi connectivity index (χ2v) is 4.77. The molecule has 0 bridgehead atoms. The lowest BCUT2D eigenvalue weighted by Crippen LogP contribution is -2.37. The molecule has 2 heterocycles. The Labute approximate surface area is 115 Å². The number of carbonyl (C=O) groups excluding carboxylic acids is 1. The molecular weight excluding hydrogens is 262 g/mol. The van der Waals surface area contributed by atoms with Crippen molar-refractivity contribution in [3.8, 4) is 0 Å². The summed E-state index contributed by atoms with van der Waals surface area (Å²) in [4.78, 5) is 15.4. The molecule has 5 nitrogen and oxygen atoms in total. The molecule has 0 saturated heterocycles. The fourth-order valence-electron chi connectivity index (χ4n) is 1.52. The number of hydrogen-bond donors (Lipinski definition) is 3. The quantitative estimate of drug-likeness (QED) is 0.778. The molecule has 0 aliphatic rings. The number of hydrogen-bond acceptors (Lipinski definition) is 4. The van der Waals surface area contributed by atoms with Gasteiger partial charge in [0.1, 0.15) is 0 Å². The first-order valence-corrected chi connectivity index (χ1v) is 6.81. The van der Waals surface area contributed by atoms with Gasteiger partial charge in [0, 0.05) is 25.5 Å². The molecule has 0 aromatic carbocycles. The minimum absolute atomic E-state index is 0.193. The van der Waals surface area contributed by atoms with Crippen LogP contribution in [-0.2, 0) is 6.54 Å². The number of nitrogens with one attached hydrogen (secondary N) is 2. The number of amides is 2. The molecule has 6 heteroatoms. The van der Waals surface area contributed by atoms with Crippen LogP contribution < -0.4 is 10.6 Å². The number of aliphatic hydroxyl groups excluding tert-OH is 1. The number of nitrogens with zero attached hydrogens (tertiary/aromatic N) is 1. The first-order valence-electron chi connectivity index (χ1n) is 5.86. The molecule has 3 N–H and O–H groups in total. The molecule has 0 radical (unpaired) electrons. The van der Waals surface area contributed by atoms with E-state index in [2.05, 4.69) is 15.6 Å². The van der Waals surface area contributed by atoms with Crippen molar-refractivity contribution in [2.24, 2.45) is 0 Å². The first kappa shape index (κ1) is 13.5. The van der Waals surface area contributed by atoms with Crippen molar-refractivity contribution in [3.05, 3.63) is 52.5 Å². The van der Waals surface area contributed by atoms with Gasteiger partial charge in [-0.25, -0.2) is 4.79 Å². The maximum Gasteiger partial charge on any atom is 0.315 e. The van der Waals surface area contributed by atoms with Crippen LogP contribution in [0.15, 0.2) is 41.4 Å². The summed E-state index contributed by atoms with van der Waals surface area (Å²) < 4.78 is 0. The smallest absolute Gasteiger partial charge is 0.315 e. The van der Waals surface area contributed by atoms with Gasteiger partial charge in [0.15, 0.2) is 0 Å². The van der Waals surface area contributed by atoms with E-state index in [0.717, 1.165) is 11.1 Å². The molecule has 0 aliphatic heterocycles. The van der Waals surface area contributed by atoms with Crippen LogP contribution in [0.25, 0.3) is 0 Å². The molecule has 1 atom stereocenters. The molecule has 2 amide bonds. The molecule has 19 heavy (non-hydrogen) atoms. The second-order valence-electron chi connectivity index (χ2n) is 3.99. The minimum Gasteiger partial charge on any atom is -0.387 e. The van der Waals surface area contributed by atoms with E-state index < -0.39 is 6.10 Å². The summed E-state index contributed by atoms with van der Waals surface area (Å²) >= 11 is 1.52. The standard InChI is InChI=1S/C13H15N3O2S/c17-12(11-3-6-19-9-11)8-16-13(18)15-7-10-1-4-14-5-2-10/h1-6,9,12,17H,7-8H2,(H2,15,16,18). The van der Waals surface area contributed by atoms with Gasteiger partial charge in [-0.1, -0.05) is 0 Å². The minimum atomic E-state index is -0.669. The normalized spacial score (nSPS) is 11.8. The van der Waals surface area contributed by atoms with Crippen molar-refractivity contribution in [2.75, 3.05) is 6.54 Å². The number of aromatic nitrogens is 1. The summed E-state index contributed by atoms with van der Waals surface area (Å²) in [6, 6.07) is 5.21. The number of urea groups is 1. The zero-order valence-electron chi connectivity index (χ0n) is 10.2. The average Bonchev–Trinajstić information content (AvgIpc) is 2.98. The van der Waals surface area contributed by atoms with Crippen LogP contribution in [-0.4, -0.2) is 22.7 Å². The summed E-state index contributed by atoms with van der Waals surface area (Å²) in [5.74, 6) is 0. The molecule has 2 aromatic rings. The molecule has 2 aromatic heterocycles. The predicted molar refractivity (Wildman–Crippen MR) is 73.8 cm³/mol. The van der Waals surface area contributed by atoms with Crippen molar-refractivity contribution in [2.45, 2.75) is 12.6 Å². The highest BCUT2D eigenvalue weighted by Crippen LogP contribution is 2.14. The van der Waals surface area contributed by atoms with Gasteiger partial charge < -0.3 is 15.7 Å². The van der Waals surface area contributed by atoms with Gasteiger partial charge in [-0.15, -0.1) is 0 Å². The number of carbonyl (C=O) groups is 1. The summed E-state index contributed by atoms with van der Waals surface area (Å²) in [7, 11) is 0. The zero-order valence-corrected chi connectivity index (χ0v) is 11.1. The van der Waals surface area contributed by atoms with Crippen LogP contribution in [0.3, 0.4) is 0 Å². The highest BCUT2D eigenvalue weighted by molar-refractivity contribution is 7.07. The fraction of sp³-hybridized carbons (Fsp3) is 0.231. The third-order valence-electron chi connectivity index (χ3n) is 2.59. The van der Waals surface area contributed by atoms with Crippen LogP contribution in [0.5, 0.6) is 0 Å². The van der Waals surface area contributed by atoms with Crippen molar-refractivity contribution in [3.63, 3.8) is 0 Å². The first-order chi connectivity index (χ1) is 9.25. The van der Waals surface area contributed by atoms with Crippen LogP contribution in [0.2, 0.25) is 0 Å². The van der Waals surface area contributed by atoms with E-state index in [1.54, 1.807) is 12.4 Å². The predicted octanol–water partition coefficient (Wildman–Crippen LogP) is 1.68. The van der Waals surface area contributed by atoms with Gasteiger partial charge >= 0.3 is 6.03 Å². The average molecular weight is 277 g/mol. The van der Waals surface area contributed by atoms with E-state index in [-0.39, 0.29) is 12.6 Å². The van der Waals surface area contributed by atoms with Crippen molar-refractivity contribution in [1.29, 1.82) is 0 Å². The molecule has 0 spiro atoms. The van der Waals surface area contributed by atoms with E-state index in [9.17, 15) is 9.90 Å². The third-order valence-corrected chi connectivity index (χ3v) is 3.29. The lowest BCUT2D eigenvalue weighted by atomic mass is 10.2. The van der Waals surface area contributed by atoms with Crippen LogP contribution in [0, 0.1) is 0 Å². The van der Waals surface area contributed by atoms with E-state index in [1.807, 2.05) is 29.0 Å². The molecule has 0 fully saturated rings. The van der Waals surface area contributed by atoms with E-state index in [4.69, 9.17) is 0 Å². The number of pyridine rings is 1. The summed E-state index contributed by atoms with van der Waals surface area (Å²) in [5.41, 5.74) is 1.79. The van der Waals surface area contributed by atoms with Gasteiger partial charge in [0.2, 0.25) is 0 Å². The van der Waals surface area contributed by atoms with E-state index in [1.165, 1.54) is 11.3 Å². The van der Waals surface area contributed by atoms with Gasteiger partial charge in [-0.05, 0) is 40.1 Å². The number of thiophene rings is 1. The van der Waals surface area contributed by atoms with Gasteiger partial charge in [-0.3, -0.25) is 4.98 Å². The Hall–Kier alpha value is -1.92. The van der Waals surface area contributed by atoms with Crippen LogP contribution in [0.4, 0.5) is 4.79 Å². The lowest BCUT2D eigenvalue weighted by molar-refractivity contribution is 0.173. The third kappa shape index (κ3) is 4.35. The SMILES string of the molecule is O=C(NCc1ccncc1)NCC(O)c1ccsc1. The second kappa shape index (κ2) is 6.86. The highest BCUT2D eigenvalue weighted by atomic mass is 32.1. The fourth-order valence-corrected chi connectivity index (χ4v) is 2.22. The molecule has 0 saturated carbocycles.